The highest BCUT2D eigenvalue weighted by Crippen LogP contribution is 2.35. The number of nitrogens with one attached hydrogen (secondary N) is 1. The topological polar surface area (TPSA) is 58.6 Å². The number of rotatable bonds is 6. The monoisotopic (exact) mass is 458 g/mol. The molecular formula is C24H27ClN2O3S. The van der Waals surface area contributed by atoms with Crippen LogP contribution in [-0.2, 0) is 19.7 Å². The molecule has 31 heavy (non-hydrogen) atoms. The fourth-order valence-electron chi connectivity index (χ4n) is 4.43. The van der Waals surface area contributed by atoms with Gasteiger partial charge in [0.1, 0.15) is 0 Å². The Labute approximate surface area is 192 Å². The molecule has 4 rings (SSSR count). The van der Waals surface area contributed by atoms with Crippen LogP contribution in [0.15, 0.2) is 53.4 Å². The summed E-state index contributed by atoms with van der Waals surface area (Å²) in [7, 11) is 0. The lowest BCUT2D eigenvalue weighted by molar-refractivity contribution is -0.126. The number of benzene rings is 2. The number of amides is 2. The SMILES string of the molecule is CSc1ccc(N2CC(C(=O)NCC3(c4ccc(Cl)cc4)CCOCC3)CC2=O)cc1. The van der Waals surface area contributed by atoms with Gasteiger partial charge in [0.2, 0.25) is 11.8 Å². The van der Waals surface area contributed by atoms with E-state index >= 15 is 0 Å². The number of hydrogen-bond donors (Lipinski definition) is 1. The number of hydrogen-bond acceptors (Lipinski definition) is 4. The molecule has 2 aromatic carbocycles. The molecular weight excluding hydrogens is 432 g/mol. The quantitative estimate of drug-likeness (QED) is 0.656. The van der Waals surface area contributed by atoms with Gasteiger partial charge in [0.25, 0.3) is 0 Å². The Morgan fingerprint density at radius 1 is 1.16 bits per heavy atom. The fraction of sp³-hybridized carbons (Fsp3) is 0.417. The number of carbonyl (C=O) groups is 2. The molecule has 0 saturated carbocycles. The molecule has 164 valence electrons. The van der Waals surface area contributed by atoms with Gasteiger partial charge in [-0.3, -0.25) is 9.59 Å². The summed E-state index contributed by atoms with van der Waals surface area (Å²) in [4.78, 5) is 28.4. The van der Waals surface area contributed by atoms with Crippen molar-refractivity contribution in [2.24, 2.45) is 5.92 Å². The van der Waals surface area contributed by atoms with E-state index in [0.29, 0.717) is 31.3 Å². The van der Waals surface area contributed by atoms with Gasteiger partial charge in [0.05, 0.1) is 5.92 Å². The highest BCUT2D eigenvalue weighted by Gasteiger charge is 2.38. The molecule has 2 aromatic rings. The second-order valence-electron chi connectivity index (χ2n) is 8.22. The number of ether oxygens (including phenoxy) is 1. The van der Waals surface area contributed by atoms with Crippen LogP contribution >= 0.6 is 23.4 Å². The highest BCUT2D eigenvalue weighted by atomic mass is 35.5. The minimum atomic E-state index is -0.338. The number of carbonyl (C=O) groups excluding carboxylic acids is 2. The molecule has 5 nitrogen and oxygen atoms in total. The van der Waals surface area contributed by atoms with E-state index in [1.54, 1.807) is 16.7 Å². The Balaban J connectivity index is 1.42. The third-order valence-corrected chi connectivity index (χ3v) is 7.38. The average molecular weight is 459 g/mol. The molecule has 0 aliphatic carbocycles. The van der Waals surface area contributed by atoms with Crippen molar-refractivity contribution in [1.82, 2.24) is 5.32 Å². The summed E-state index contributed by atoms with van der Waals surface area (Å²) >= 11 is 7.73. The first-order valence-corrected chi connectivity index (χ1v) is 12.2. The molecule has 0 aromatic heterocycles. The Bertz CT molecular complexity index is 927. The Hall–Kier alpha value is -2.02. The zero-order valence-electron chi connectivity index (χ0n) is 17.6. The van der Waals surface area contributed by atoms with E-state index in [9.17, 15) is 9.59 Å². The fourth-order valence-corrected chi connectivity index (χ4v) is 4.96. The highest BCUT2D eigenvalue weighted by molar-refractivity contribution is 7.98. The summed E-state index contributed by atoms with van der Waals surface area (Å²) in [6, 6.07) is 15.8. The van der Waals surface area contributed by atoms with Gasteiger partial charge in [-0.25, -0.2) is 0 Å². The Morgan fingerprint density at radius 2 is 1.84 bits per heavy atom. The van der Waals surface area contributed by atoms with E-state index in [1.807, 2.05) is 54.8 Å². The lowest BCUT2D eigenvalue weighted by Crippen LogP contribution is -2.46. The van der Waals surface area contributed by atoms with Gasteiger partial charge >= 0.3 is 0 Å². The van der Waals surface area contributed by atoms with Gasteiger partial charge in [-0.05, 0) is 61.1 Å². The molecule has 7 heteroatoms. The van der Waals surface area contributed by atoms with Crippen molar-refractivity contribution < 1.29 is 14.3 Å². The van der Waals surface area contributed by atoms with Crippen LogP contribution < -0.4 is 10.2 Å². The van der Waals surface area contributed by atoms with Crippen molar-refractivity contribution in [3.05, 3.63) is 59.1 Å². The first-order chi connectivity index (χ1) is 15.0. The van der Waals surface area contributed by atoms with Crippen LogP contribution in [0, 0.1) is 5.92 Å². The van der Waals surface area contributed by atoms with Gasteiger partial charge < -0.3 is 15.0 Å². The summed E-state index contributed by atoms with van der Waals surface area (Å²) < 4.78 is 5.58. The first kappa shape index (κ1) is 22.2. The largest absolute Gasteiger partial charge is 0.381 e. The molecule has 1 N–H and O–H groups in total. The van der Waals surface area contributed by atoms with Gasteiger partial charge in [-0.15, -0.1) is 11.8 Å². The normalized spacial score (nSPS) is 20.6. The van der Waals surface area contributed by atoms with Crippen LogP contribution in [0.2, 0.25) is 5.02 Å². The lowest BCUT2D eigenvalue weighted by atomic mass is 9.74. The van der Waals surface area contributed by atoms with Crippen molar-refractivity contribution in [3.63, 3.8) is 0 Å². The second kappa shape index (κ2) is 9.63. The van der Waals surface area contributed by atoms with Crippen LogP contribution in [0.3, 0.4) is 0 Å². The third-order valence-electron chi connectivity index (χ3n) is 6.39. The minimum absolute atomic E-state index is 0.00414. The molecule has 1 atom stereocenters. The van der Waals surface area contributed by atoms with Crippen molar-refractivity contribution >= 4 is 40.9 Å². The standard InChI is InChI=1S/C24H27ClN2O3S/c1-31-21-8-6-20(7-9-21)27-15-17(14-22(27)28)23(29)26-16-24(10-12-30-13-11-24)18-2-4-19(25)5-3-18/h2-9,17H,10-16H2,1H3,(H,26,29). The molecule has 2 aliphatic rings. The maximum absolute atomic E-state index is 13.0. The van der Waals surface area contributed by atoms with Crippen LogP contribution in [0.5, 0.6) is 0 Å². The van der Waals surface area contributed by atoms with Gasteiger partial charge in [0, 0.05) is 53.7 Å². The Kier molecular flexibility index (Phi) is 6.89. The number of halogens is 1. The molecule has 2 saturated heterocycles. The molecule has 1 unspecified atom stereocenters. The van der Waals surface area contributed by atoms with Gasteiger partial charge in [-0.1, -0.05) is 23.7 Å². The maximum atomic E-state index is 13.0. The van der Waals surface area contributed by atoms with Crippen molar-refractivity contribution in [1.29, 1.82) is 0 Å². The summed E-state index contributed by atoms with van der Waals surface area (Å²) in [6.07, 6.45) is 3.94. The molecule has 0 spiro atoms. The molecule has 2 aliphatic heterocycles. The predicted octanol–water partition coefficient (Wildman–Crippen LogP) is 4.28. The second-order valence-corrected chi connectivity index (χ2v) is 9.54. The van der Waals surface area contributed by atoms with Crippen molar-refractivity contribution in [2.75, 3.05) is 37.5 Å². The summed E-state index contributed by atoms with van der Waals surface area (Å²) in [6.45, 7) is 2.28. The van der Waals surface area contributed by atoms with E-state index in [1.165, 1.54) is 5.56 Å². The minimum Gasteiger partial charge on any atom is -0.381 e. The van der Waals surface area contributed by atoms with Crippen molar-refractivity contribution in [3.8, 4) is 0 Å². The van der Waals surface area contributed by atoms with Crippen molar-refractivity contribution in [2.45, 2.75) is 29.6 Å². The van der Waals surface area contributed by atoms with E-state index in [0.717, 1.165) is 23.4 Å². The molecule has 0 radical (unpaired) electrons. The molecule has 2 heterocycles. The third kappa shape index (κ3) is 4.92. The van der Waals surface area contributed by atoms with Crippen LogP contribution in [0.25, 0.3) is 0 Å². The van der Waals surface area contributed by atoms with Gasteiger partial charge in [0.15, 0.2) is 0 Å². The number of anilines is 1. The zero-order valence-corrected chi connectivity index (χ0v) is 19.2. The molecule has 0 bridgehead atoms. The molecule has 2 fully saturated rings. The van der Waals surface area contributed by atoms with E-state index in [2.05, 4.69) is 5.32 Å². The van der Waals surface area contributed by atoms with E-state index < -0.39 is 0 Å². The smallest absolute Gasteiger partial charge is 0.227 e. The van der Waals surface area contributed by atoms with E-state index in [4.69, 9.17) is 16.3 Å². The average Bonchev–Trinajstić information content (AvgIpc) is 3.20. The van der Waals surface area contributed by atoms with Crippen LogP contribution in [0.4, 0.5) is 5.69 Å². The summed E-state index contributed by atoms with van der Waals surface area (Å²) in [5.41, 5.74) is 1.84. The summed E-state index contributed by atoms with van der Waals surface area (Å²) in [5.74, 6) is -0.401. The zero-order chi connectivity index (χ0) is 21.8. The number of nitrogens with zero attached hydrogens (tertiary/aromatic N) is 1. The number of thioether (sulfide) groups is 1. The predicted molar refractivity (Wildman–Crippen MR) is 125 cm³/mol. The van der Waals surface area contributed by atoms with Crippen LogP contribution in [-0.4, -0.2) is 44.4 Å². The van der Waals surface area contributed by atoms with Crippen LogP contribution in [0.1, 0.15) is 24.8 Å². The maximum Gasteiger partial charge on any atom is 0.227 e. The lowest BCUT2D eigenvalue weighted by Gasteiger charge is -2.38. The van der Waals surface area contributed by atoms with Gasteiger partial charge in [-0.2, -0.15) is 0 Å². The summed E-state index contributed by atoms with van der Waals surface area (Å²) in [5, 5.41) is 3.85. The van der Waals surface area contributed by atoms with E-state index in [-0.39, 0.29) is 29.6 Å². The first-order valence-electron chi connectivity index (χ1n) is 10.6. The Morgan fingerprint density at radius 3 is 2.48 bits per heavy atom. The molecule has 2 amide bonds.